The summed E-state index contributed by atoms with van der Waals surface area (Å²) in [6, 6.07) is 0. The third kappa shape index (κ3) is 6.35. The van der Waals surface area contributed by atoms with E-state index in [1.54, 1.807) is 0 Å². The van der Waals surface area contributed by atoms with Gasteiger partial charge in [0, 0.05) is 0 Å². The quantitative estimate of drug-likeness (QED) is 0.554. The number of hydrogen-bond donors (Lipinski definition) is 1. The second kappa shape index (κ2) is 5.97. The van der Waals surface area contributed by atoms with Crippen molar-refractivity contribution in [3.63, 3.8) is 0 Å². The molecule has 0 bridgehead atoms. The Balaban J connectivity index is 3.20. The molecule has 0 rings (SSSR count). The van der Waals surface area contributed by atoms with E-state index < -0.39 is 21.1 Å². The molecular formula is C5H8ClNO2Sn. The van der Waals surface area contributed by atoms with Gasteiger partial charge in [-0.2, -0.15) is 0 Å². The molecule has 0 fully saturated rings. The summed E-state index contributed by atoms with van der Waals surface area (Å²) in [5.41, 5.74) is 0. The fraction of sp³-hybridized carbons (Fsp3) is 0.600. The molecule has 0 aliphatic carbocycles. The molecular weight excluding hydrogens is 260 g/mol. The van der Waals surface area contributed by atoms with Crippen molar-refractivity contribution in [2.24, 2.45) is 0 Å². The molecule has 2 radical (unpaired) electrons. The van der Waals surface area contributed by atoms with E-state index in [2.05, 4.69) is 5.32 Å². The molecule has 56 valence electrons. The molecule has 0 aromatic rings. The first-order valence-electron chi connectivity index (χ1n) is 2.74. The molecule has 10 heavy (non-hydrogen) atoms. The van der Waals surface area contributed by atoms with Crippen molar-refractivity contribution in [1.29, 1.82) is 0 Å². The van der Waals surface area contributed by atoms with E-state index in [4.69, 9.17) is 11.6 Å². The maximum absolute atomic E-state index is 10.6. The van der Waals surface area contributed by atoms with Gasteiger partial charge >= 0.3 is 74.7 Å². The summed E-state index contributed by atoms with van der Waals surface area (Å²) in [7, 11) is 0. The average Bonchev–Trinajstić information content (AvgIpc) is 1.87. The van der Waals surface area contributed by atoms with Crippen LogP contribution in [0.3, 0.4) is 0 Å². The average molecular weight is 268 g/mol. The van der Waals surface area contributed by atoms with Crippen LogP contribution in [-0.2, 0) is 9.59 Å². The first-order valence-corrected chi connectivity index (χ1v) is 6.72. The van der Waals surface area contributed by atoms with E-state index in [9.17, 15) is 9.59 Å². The van der Waals surface area contributed by atoms with Gasteiger partial charge < -0.3 is 0 Å². The van der Waals surface area contributed by atoms with Crippen LogP contribution < -0.4 is 5.32 Å². The monoisotopic (exact) mass is 269 g/mol. The Morgan fingerprint density at radius 2 is 2.20 bits per heavy atom. The van der Waals surface area contributed by atoms with Crippen LogP contribution in [-0.4, -0.2) is 41.3 Å². The van der Waals surface area contributed by atoms with Gasteiger partial charge in [-0.3, -0.25) is 0 Å². The zero-order valence-electron chi connectivity index (χ0n) is 5.61. The molecule has 3 nitrogen and oxygen atoms in total. The van der Waals surface area contributed by atoms with Crippen LogP contribution in [0.2, 0.25) is 0 Å². The van der Waals surface area contributed by atoms with Gasteiger partial charge in [-0.25, -0.2) is 0 Å². The fourth-order valence-electron chi connectivity index (χ4n) is 0.314. The van der Waals surface area contributed by atoms with Gasteiger partial charge in [-0.15, -0.1) is 0 Å². The van der Waals surface area contributed by atoms with Crippen molar-refractivity contribution in [1.82, 2.24) is 5.32 Å². The van der Waals surface area contributed by atoms with Crippen molar-refractivity contribution >= 4 is 42.4 Å². The number of carbonyl (C=O) groups is 2. The van der Waals surface area contributed by atoms with Crippen LogP contribution in [0, 0.1) is 0 Å². The van der Waals surface area contributed by atoms with E-state index >= 15 is 0 Å². The van der Waals surface area contributed by atoms with Crippen LogP contribution in [0.4, 0.5) is 0 Å². The second-order valence-corrected chi connectivity index (χ2v) is 5.52. The standard InChI is InChI=1S/C3H6NO.C2H2ClO.Sn/c1-3(5)4-2;3-1-2-4;/h2H2,1H3,(H,4,5);1H2;. The Hall–Kier alpha value is 0.229. The Kier molecular flexibility index (Phi) is 6.11. The van der Waals surface area contributed by atoms with Crippen molar-refractivity contribution in [3.8, 4) is 0 Å². The molecule has 0 heterocycles. The van der Waals surface area contributed by atoms with E-state index in [-0.39, 0.29) is 15.6 Å². The van der Waals surface area contributed by atoms with E-state index in [0.29, 0.717) is 4.56 Å². The first-order chi connectivity index (χ1) is 4.66. The van der Waals surface area contributed by atoms with E-state index in [0.717, 1.165) is 0 Å². The van der Waals surface area contributed by atoms with Crippen molar-refractivity contribution in [2.75, 3.05) is 10.4 Å². The molecule has 0 aromatic carbocycles. The molecule has 0 atom stereocenters. The zero-order valence-corrected chi connectivity index (χ0v) is 9.22. The third-order valence-electron chi connectivity index (χ3n) is 0.744. The first kappa shape index (κ1) is 10.2. The fourth-order valence-corrected chi connectivity index (χ4v) is 2.74. The predicted octanol–water partition coefficient (Wildman–Crippen LogP) is -0.450. The number of nitrogens with one attached hydrogen (secondary N) is 1. The van der Waals surface area contributed by atoms with Gasteiger partial charge in [0.25, 0.3) is 0 Å². The van der Waals surface area contributed by atoms with Gasteiger partial charge in [0.05, 0.1) is 0 Å². The SMILES string of the molecule is CC(=O)N[CH2][Sn][C](=O)CCl. The van der Waals surface area contributed by atoms with Gasteiger partial charge in [-0.1, -0.05) is 0 Å². The molecule has 0 aliphatic heterocycles. The maximum atomic E-state index is 10.6. The number of hydrogen-bond acceptors (Lipinski definition) is 2. The number of halogens is 1. The summed E-state index contributed by atoms with van der Waals surface area (Å²) < 4.78 is 0.684. The summed E-state index contributed by atoms with van der Waals surface area (Å²) in [4.78, 5) is 20.9. The minimum absolute atomic E-state index is 0.0803. The van der Waals surface area contributed by atoms with Gasteiger partial charge in [0.15, 0.2) is 0 Å². The number of carbonyl (C=O) groups excluding carboxylic acids is 2. The molecule has 0 aliphatic rings. The Morgan fingerprint density at radius 1 is 1.60 bits per heavy atom. The van der Waals surface area contributed by atoms with Crippen molar-refractivity contribution < 1.29 is 9.59 Å². The van der Waals surface area contributed by atoms with Gasteiger partial charge in [0.1, 0.15) is 0 Å². The molecule has 1 N–H and O–H groups in total. The van der Waals surface area contributed by atoms with Gasteiger partial charge in [-0.05, 0) is 0 Å². The molecule has 0 aromatic heterocycles. The summed E-state index contributed by atoms with van der Waals surface area (Å²) in [6.45, 7) is 1.44. The van der Waals surface area contributed by atoms with Crippen molar-refractivity contribution in [3.05, 3.63) is 0 Å². The van der Waals surface area contributed by atoms with Crippen LogP contribution in [0.15, 0.2) is 0 Å². The van der Waals surface area contributed by atoms with Crippen LogP contribution in [0.25, 0.3) is 0 Å². The second-order valence-electron chi connectivity index (χ2n) is 1.64. The zero-order chi connectivity index (χ0) is 7.98. The number of rotatable bonds is 4. The van der Waals surface area contributed by atoms with Crippen molar-refractivity contribution in [2.45, 2.75) is 6.92 Å². The van der Waals surface area contributed by atoms with E-state index in [1.807, 2.05) is 0 Å². The van der Waals surface area contributed by atoms with E-state index in [1.165, 1.54) is 6.92 Å². The topological polar surface area (TPSA) is 46.2 Å². The number of amides is 1. The summed E-state index contributed by atoms with van der Waals surface area (Å²) in [5, 5.41) is 2.57. The Bertz CT molecular complexity index is 140. The summed E-state index contributed by atoms with van der Waals surface area (Å²) >= 11 is 4.18. The molecule has 0 unspecified atom stereocenters. The Labute approximate surface area is 74.7 Å². The molecule has 0 saturated carbocycles. The minimum atomic E-state index is -1.06. The number of alkyl halides is 1. The normalized spacial score (nSPS) is 9.00. The molecule has 1 amide bonds. The summed E-state index contributed by atoms with van der Waals surface area (Å²) in [5.74, 6) is 0.0226. The predicted molar refractivity (Wildman–Crippen MR) is 40.2 cm³/mol. The summed E-state index contributed by atoms with van der Waals surface area (Å²) in [6.07, 6.45) is 0. The van der Waals surface area contributed by atoms with Crippen LogP contribution in [0.1, 0.15) is 6.92 Å². The molecule has 5 heteroatoms. The van der Waals surface area contributed by atoms with Gasteiger partial charge in [0.2, 0.25) is 0 Å². The Morgan fingerprint density at radius 3 is 2.60 bits per heavy atom. The molecule has 0 spiro atoms. The van der Waals surface area contributed by atoms with Crippen LogP contribution >= 0.6 is 11.6 Å². The molecule has 0 saturated heterocycles. The van der Waals surface area contributed by atoms with Crippen LogP contribution in [0.5, 0.6) is 0 Å². The third-order valence-corrected chi connectivity index (χ3v) is 4.27.